The van der Waals surface area contributed by atoms with Crippen molar-refractivity contribution in [3.05, 3.63) is 130 Å². The van der Waals surface area contributed by atoms with Gasteiger partial charge in [-0.05, 0) is 61.4 Å². The minimum Gasteiger partial charge on any atom is -0.352 e. The van der Waals surface area contributed by atoms with Gasteiger partial charge in [-0.2, -0.15) is 0 Å². The van der Waals surface area contributed by atoms with E-state index in [9.17, 15) is 46.3 Å². The van der Waals surface area contributed by atoms with Gasteiger partial charge in [-0.15, -0.1) is 0 Å². The first-order valence-corrected chi connectivity index (χ1v) is 19.7. The fourth-order valence-electron chi connectivity index (χ4n) is 8.01. The highest BCUT2D eigenvalue weighted by molar-refractivity contribution is 6.20. The summed E-state index contributed by atoms with van der Waals surface area (Å²) < 4.78 is 59.6. The van der Waals surface area contributed by atoms with Gasteiger partial charge in [0.15, 0.2) is 23.3 Å². The molecule has 4 heterocycles. The van der Waals surface area contributed by atoms with Crippen LogP contribution in [0.2, 0.25) is 0 Å². The van der Waals surface area contributed by atoms with Crippen LogP contribution in [0.3, 0.4) is 0 Å². The molecule has 4 aromatic carbocycles. The number of fused-ring (bicyclic) bond motifs is 2. The molecule has 316 valence electrons. The van der Waals surface area contributed by atoms with Gasteiger partial charge >= 0.3 is 12.1 Å². The first kappa shape index (κ1) is 42.7. The lowest BCUT2D eigenvalue weighted by atomic mass is 9.84. The Morgan fingerprint density at radius 2 is 0.839 bits per heavy atom. The van der Waals surface area contributed by atoms with Crippen molar-refractivity contribution in [2.75, 3.05) is 36.0 Å². The highest BCUT2D eigenvalue weighted by Crippen LogP contribution is 2.39. The Hall–Kier alpha value is -7.46. The van der Waals surface area contributed by atoms with E-state index in [0.717, 1.165) is 24.3 Å². The van der Waals surface area contributed by atoms with Crippen molar-refractivity contribution in [1.29, 1.82) is 0 Å². The van der Waals surface area contributed by atoms with Crippen LogP contribution in [-0.2, 0) is 19.2 Å². The van der Waals surface area contributed by atoms with Crippen LogP contribution >= 0.6 is 0 Å². The van der Waals surface area contributed by atoms with Crippen molar-refractivity contribution in [2.45, 2.75) is 50.6 Å². The van der Waals surface area contributed by atoms with Crippen LogP contribution in [-0.4, -0.2) is 82.7 Å². The van der Waals surface area contributed by atoms with E-state index in [0.29, 0.717) is 20.9 Å². The average molecular weight is 847 g/mol. The van der Waals surface area contributed by atoms with Crippen LogP contribution in [0.4, 0.5) is 38.5 Å². The molecule has 2 atom stereocenters. The van der Waals surface area contributed by atoms with E-state index in [-0.39, 0.29) is 63.0 Å². The van der Waals surface area contributed by atoms with Crippen LogP contribution in [0, 0.1) is 47.0 Å². The number of piperazine rings is 2. The number of imide groups is 2. The van der Waals surface area contributed by atoms with E-state index < -0.39 is 81.4 Å². The van der Waals surface area contributed by atoms with Crippen LogP contribution in [0.15, 0.2) is 84.9 Å². The Balaban J connectivity index is 0.000000186. The van der Waals surface area contributed by atoms with Crippen LogP contribution in [0.1, 0.15) is 61.8 Å². The first-order valence-electron chi connectivity index (χ1n) is 19.7. The molecule has 16 heteroatoms. The topological polar surface area (TPSA) is 139 Å². The second kappa shape index (κ2) is 17.3. The lowest BCUT2D eigenvalue weighted by Gasteiger charge is -2.50. The third-order valence-corrected chi connectivity index (χ3v) is 11.3. The summed E-state index contributed by atoms with van der Waals surface area (Å²) in [4.78, 5) is 80.1. The number of hydrogen-bond acceptors (Lipinski definition) is 6. The Labute approximate surface area is 353 Å². The van der Waals surface area contributed by atoms with Crippen LogP contribution < -0.4 is 20.4 Å². The number of anilines is 2. The summed E-state index contributed by atoms with van der Waals surface area (Å²) in [7, 11) is 0. The normalized spacial score (nSPS) is 20.7. The predicted molar refractivity (Wildman–Crippen MR) is 218 cm³/mol. The molecule has 0 spiro atoms. The number of nitrogens with one attached hydrogen (secondary N) is 2. The zero-order valence-corrected chi connectivity index (χ0v) is 33.5. The molecule has 4 aliphatic heterocycles. The molecule has 0 radical (unpaired) electrons. The molecule has 0 saturated carbocycles. The standard InChI is InChI=1S/2C23H19F2N3O3/c2*1-2-23-14-19(29)28(22(31)27(23)11-10-26-21(23)30)20-17(24)12-16(13-18(20)25)9-8-15-6-4-3-5-7-15/h2*3-7,12-13H,2,10-11,14H2,1H3,(H,26,30)/t2*23-/m10/s1. The Morgan fingerprint density at radius 3 is 1.16 bits per heavy atom. The number of carbonyl (C=O) groups is 6. The summed E-state index contributed by atoms with van der Waals surface area (Å²) >= 11 is 0. The number of halogens is 4. The molecular weight excluding hydrogens is 809 g/mol. The highest BCUT2D eigenvalue weighted by atomic mass is 19.1. The third kappa shape index (κ3) is 7.71. The number of urea groups is 2. The van der Waals surface area contributed by atoms with Gasteiger partial charge in [0.05, 0.1) is 12.8 Å². The molecule has 0 aromatic heterocycles. The van der Waals surface area contributed by atoms with Crippen LogP contribution in [0.25, 0.3) is 0 Å². The lowest BCUT2D eigenvalue weighted by molar-refractivity contribution is -0.141. The molecule has 8 rings (SSSR count). The van der Waals surface area contributed by atoms with E-state index in [2.05, 4.69) is 34.3 Å². The summed E-state index contributed by atoms with van der Waals surface area (Å²) in [6.45, 7) is 4.07. The molecule has 4 aliphatic rings. The van der Waals surface area contributed by atoms with Crippen LogP contribution in [0.5, 0.6) is 0 Å². The fraction of sp³-hybridized carbons (Fsp3) is 0.261. The monoisotopic (exact) mass is 846 g/mol. The van der Waals surface area contributed by atoms with Crippen molar-refractivity contribution in [3.8, 4) is 23.7 Å². The van der Waals surface area contributed by atoms with Crippen molar-refractivity contribution in [1.82, 2.24) is 20.4 Å². The maximum atomic E-state index is 14.9. The summed E-state index contributed by atoms with van der Waals surface area (Å²) in [5.74, 6) is 4.11. The number of nitrogens with zero attached hydrogens (tertiary/aromatic N) is 4. The van der Waals surface area contributed by atoms with Gasteiger partial charge in [-0.25, -0.2) is 37.0 Å². The average Bonchev–Trinajstić information content (AvgIpc) is 3.25. The summed E-state index contributed by atoms with van der Waals surface area (Å²) in [5.41, 5.74) is -2.69. The summed E-state index contributed by atoms with van der Waals surface area (Å²) in [6, 6.07) is 20.0. The zero-order chi connectivity index (χ0) is 44.3. The van der Waals surface area contributed by atoms with Gasteiger partial charge < -0.3 is 20.4 Å². The van der Waals surface area contributed by atoms with Crippen molar-refractivity contribution in [2.24, 2.45) is 0 Å². The molecule has 4 saturated heterocycles. The molecule has 0 unspecified atom stereocenters. The second-order valence-corrected chi connectivity index (χ2v) is 14.8. The molecule has 4 aromatic rings. The van der Waals surface area contributed by atoms with Crippen molar-refractivity contribution in [3.63, 3.8) is 0 Å². The van der Waals surface area contributed by atoms with E-state index >= 15 is 0 Å². The summed E-state index contributed by atoms with van der Waals surface area (Å²) in [6.07, 6.45) is -0.280. The lowest BCUT2D eigenvalue weighted by Crippen LogP contribution is -2.73. The highest BCUT2D eigenvalue weighted by Gasteiger charge is 2.57. The molecular formula is C46H38F4N6O6. The molecule has 12 nitrogen and oxygen atoms in total. The Kier molecular flexibility index (Phi) is 11.9. The molecule has 4 fully saturated rings. The van der Waals surface area contributed by atoms with Crippen molar-refractivity contribution < 1.29 is 46.3 Å². The maximum absolute atomic E-state index is 14.9. The predicted octanol–water partition coefficient (Wildman–Crippen LogP) is 5.60. The van der Waals surface area contributed by atoms with E-state index in [1.165, 1.54) is 9.80 Å². The number of carbonyl (C=O) groups excluding carboxylic acids is 6. The Bertz CT molecular complexity index is 2410. The van der Waals surface area contributed by atoms with E-state index in [1.807, 2.05) is 12.1 Å². The van der Waals surface area contributed by atoms with Gasteiger partial charge in [0, 0.05) is 48.4 Å². The molecule has 0 aliphatic carbocycles. The van der Waals surface area contributed by atoms with Crippen molar-refractivity contribution >= 4 is 47.1 Å². The fourth-order valence-corrected chi connectivity index (χ4v) is 8.01. The molecule has 62 heavy (non-hydrogen) atoms. The molecule has 2 N–H and O–H groups in total. The Morgan fingerprint density at radius 1 is 0.516 bits per heavy atom. The third-order valence-electron chi connectivity index (χ3n) is 11.3. The smallest absolute Gasteiger partial charge is 0.332 e. The van der Waals surface area contributed by atoms with Gasteiger partial charge in [-0.3, -0.25) is 19.2 Å². The SMILES string of the molecule is CC[C@@]12CC(=O)N(c3c(F)cc(C#Cc4ccccc4)cc3F)C(=O)N1CCNC2=O.CC[C@]12CC(=O)N(c3c(F)cc(C#Cc4ccccc4)cc3F)C(=O)N1CCNC2=O. The second-order valence-electron chi connectivity index (χ2n) is 14.8. The van der Waals surface area contributed by atoms with Gasteiger partial charge in [0.1, 0.15) is 22.5 Å². The summed E-state index contributed by atoms with van der Waals surface area (Å²) in [5, 5.41) is 5.32. The first-order chi connectivity index (χ1) is 29.7. The van der Waals surface area contributed by atoms with E-state index in [4.69, 9.17) is 0 Å². The van der Waals surface area contributed by atoms with Gasteiger partial charge in [-0.1, -0.05) is 73.9 Å². The largest absolute Gasteiger partial charge is 0.352 e. The number of benzene rings is 4. The van der Waals surface area contributed by atoms with E-state index in [1.54, 1.807) is 62.4 Å². The zero-order valence-electron chi connectivity index (χ0n) is 33.5. The maximum Gasteiger partial charge on any atom is 0.332 e. The number of rotatable bonds is 4. The number of hydrogen-bond donors (Lipinski definition) is 2. The quantitative estimate of drug-likeness (QED) is 0.203. The minimum absolute atomic E-state index is 0.0692. The molecule has 0 bridgehead atoms. The minimum atomic E-state index is -1.34. The molecule has 8 amide bonds. The van der Waals surface area contributed by atoms with Gasteiger partial charge in [0.25, 0.3) is 0 Å². The number of amides is 8. The van der Waals surface area contributed by atoms with Gasteiger partial charge in [0.2, 0.25) is 23.6 Å².